The Hall–Kier alpha value is -0.160. The van der Waals surface area contributed by atoms with Gasteiger partial charge in [0.25, 0.3) is 0 Å². The van der Waals surface area contributed by atoms with Gasteiger partial charge < -0.3 is 20.2 Å². The van der Waals surface area contributed by atoms with Crippen LogP contribution in [0.2, 0.25) is 0 Å². The van der Waals surface area contributed by atoms with Gasteiger partial charge in [-0.3, -0.25) is 0 Å². The Labute approximate surface area is 171 Å². The quantitative estimate of drug-likeness (QED) is 0.557. The molecular weight excluding hydrogens is 350 g/mol. The van der Waals surface area contributed by atoms with Gasteiger partial charge in [-0.1, -0.05) is 26.7 Å². The highest BCUT2D eigenvalue weighted by atomic mass is 16.3. The van der Waals surface area contributed by atoms with Crippen LogP contribution in [0.1, 0.15) is 78.1 Å². The van der Waals surface area contributed by atoms with Crippen molar-refractivity contribution in [1.82, 2.24) is 0 Å². The molecule has 0 bridgehead atoms. The molecule has 7 atom stereocenters. The third kappa shape index (κ3) is 3.18. The van der Waals surface area contributed by atoms with E-state index in [1.54, 1.807) is 0 Å². The largest absolute Gasteiger partial charge is 0.391 e. The third-order valence-corrected chi connectivity index (χ3v) is 10.4. The summed E-state index contributed by atoms with van der Waals surface area (Å²) in [6, 6.07) is 0. The predicted octanol–water partition coefficient (Wildman–Crippen LogP) is 2.02. The lowest BCUT2D eigenvalue weighted by atomic mass is 9.44. The zero-order valence-corrected chi connectivity index (χ0v) is 18.3. The van der Waals surface area contributed by atoms with Crippen molar-refractivity contribution in [2.24, 2.45) is 34.5 Å². The summed E-state index contributed by atoms with van der Waals surface area (Å²) in [4.78, 5) is 1.15. The SMILES string of the molecule is C[C@@]12CCCC[C@H]1CC[C@H]1[C@H]3CC[C@](O)(C[NH+](CCO)CCO)[C@]3(C)CC[C@@H]12. The van der Waals surface area contributed by atoms with Crippen LogP contribution in [0.3, 0.4) is 0 Å². The molecule has 0 radical (unpaired) electrons. The van der Waals surface area contributed by atoms with Crippen LogP contribution in [0.25, 0.3) is 0 Å². The van der Waals surface area contributed by atoms with Crippen LogP contribution in [0.5, 0.6) is 0 Å². The van der Waals surface area contributed by atoms with Gasteiger partial charge in [0.15, 0.2) is 0 Å². The van der Waals surface area contributed by atoms with Crippen LogP contribution < -0.4 is 4.90 Å². The van der Waals surface area contributed by atoms with Crippen LogP contribution >= 0.6 is 0 Å². The average molecular weight is 395 g/mol. The standard InChI is InChI=1S/C24H43NO3/c1-22-10-4-3-5-18(22)6-7-19-20(22)8-11-23(2)21(19)9-12-24(23,28)17-25(13-15-26)14-16-27/h18-21,26-28H,3-17H2,1-2H3/p+1/t18-,19+,20-,21+,22+,23+,24-/m0/s1. The zero-order chi connectivity index (χ0) is 20.0. The first-order valence-electron chi connectivity index (χ1n) is 12.2. The molecule has 0 spiro atoms. The summed E-state index contributed by atoms with van der Waals surface area (Å²) in [5.74, 6) is 3.26. The average Bonchev–Trinajstić information content (AvgIpc) is 2.93. The van der Waals surface area contributed by atoms with E-state index in [9.17, 15) is 15.3 Å². The molecule has 0 saturated heterocycles. The van der Waals surface area contributed by atoms with Gasteiger partial charge in [0.2, 0.25) is 0 Å². The number of fused-ring (bicyclic) bond motifs is 5. The van der Waals surface area contributed by atoms with Crippen LogP contribution in [-0.4, -0.2) is 53.8 Å². The molecule has 4 aliphatic rings. The predicted molar refractivity (Wildman–Crippen MR) is 111 cm³/mol. The highest BCUT2D eigenvalue weighted by Gasteiger charge is 2.65. The number of aliphatic hydroxyl groups is 3. The molecule has 0 aliphatic heterocycles. The van der Waals surface area contributed by atoms with E-state index in [4.69, 9.17) is 0 Å². The maximum absolute atomic E-state index is 11.9. The number of hydrogen-bond acceptors (Lipinski definition) is 3. The Morgan fingerprint density at radius 3 is 2.25 bits per heavy atom. The van der Waals surface area contributed by atoms with Crippen molar-refractivity contribution < 1.29 is 20.2 Å². The molecule has 4 aliphatic carbocycles. The number of nitrogens with one attached hydrogen (secondary N) is 1. The summed E-state index contributed by atoms with van der Waals surface area (Å²) in [7, 11) is 0. The zero-order valence-electron chi connectivity index (χ0n) is 18.3. The molecule has 28 heavy (non-hydrogen) atoms. The monoisotopic (exact) mass is 394 g/mol. The van der Waals surface area contributed by atoms with Crippen molar-refractivity contribution in [2.75, 3.05) is 32.8 Å². The van der Waals surface area contributed by atoms with Crippen LogP contribution in [0, 0.1) is 34.5 Å². The summed E-state index contributed by atoms with van der Waals surface area (Å²) < 4.78 is 0. The fraction of sp³-hybridized carbons (Fsp3) is 1.00. The number of hydrogen-bond donors (Lipinski definition) is 4. The van der Waals surface area contributed by atoms with Gasteiger partial charge in [-0.15, -0.1) is 0 Å². The highest BCUT2D eigenvalue weighted by Crippen LogP contribution is 2.68. The molecule has 0 unspecified atom stereocenters. The van der Waals surface area contributed by atoms with Crippen LogP contribution in [0.15, 0.2) is 0 Å². The first kappa shape index (κ1) is 21.1. The van der Waals surface area contributed by atoms with Crippen molar-refractivity contribution >= 4 is 0 Å². The fourth-order valence-electron chi connectivity index (χ4n) is 8.73. The highest BCUT2D eigenvalue weighted by molar-refractivity contribution is 5.13. The van der Waals surface area contributed by atoms with Gasteiger partial charge in [0.1, 0.15) is 25.2 Å². The normalized spacial score (nSPS) is 48.2. The van der Waals surface area contributed by atoms with Gasteiger partial charge >= 0.3 is 0 Å². The number of quaternary nitrogens is 1. The second kappa shape index (κ2) is 7.83. The lowest BCUT2D eigenvalue weighted by molar-refractivity contribution is -0.908. The third-order valence-electron chi connectivity index (χ3n) is 10.4. The Morgan fingerprint density at radius 1 is 0.821 bits per heavy atom. The van der Waals surface area contributed by atoms with Crippen molar-refractivity contribution in [3.05, 3.63) is 0 Å². The maximum atomic E-state index is 11.9. The van der Waals surface area contributed by atoms with Gasteiger partial charge in [-0.25, -0.2) is 0 Å². The molecule has 162 valence electrons. The molecule has 0 aromatic heterocycles. The fourth-order valence-corrected chi connectivity index (χ4v) is 8.73. The van der Waals surface area contributed by atoms with Crippen molar-refractivity contribution in [3.8, 4) is 0 Å². The molecule has 4 heteroatoms. The smallest absolute Gasteiger partial charge is 0.119 e. The van der Waals surface area contributed by atoms with E-state index in [1.165, 1.54) is 51.4 Å². The van der Waals surface area contributed by atoms with E-state index in [2.05, 4.69) is 13.8 Å². The van der Waals surface area contributed by atoms with E-state index < -0.39 is 5.60 Å². The van der Waals surface area contributed by atoms with Gasteiger partial charge in [0, 0.05) is 5.41 Å². The Kier molecular flexibility index (Phi) is 5.90. The minimum atomic E-state index is -0.646. The van der Waals surface area contributed by atoms with Gasteiger partial charge in [-0.05, 0) is 80.5 Å². The van der Waals surface area contributed by atoms with E-state index >= 15 is 0 Å². The lowest BCUT2D eigenvalue weighted by Gasteiger charge is -2.61. The van der Waals surface area contributed by atoms with Crippen LogP contribution in [0.4, 0.5) is 0 Å². The number of rotatable bonds is 6. The van der Waals surface area contributed by atoms with Gasteiger partial charge in [0.05, 0.1) is 13.2 Å². The minimum Gasteiger partial charge on any atom is -0.391 e. The first-order chi connectivity index (χ1) is 13.4. The Bertz CT molecular complexity index is 550. The molecular formula is C24H44NO3+. The second-order valence-corrected chi connectivity index (χ2v) is 11.3. The first-order valence-corrected chi connectivity index (χ1v) is 12.2. The summed E-state index contributed by atoms with van der Waals surface area (Å²) >= 11 is 0. The molecule has 4 fully saturated rings. The molecule has 4 saturated carbocycles. The van der Waals surface area contributed by atoms with Crippen molar-refractivity contribution in [1.29, 1.82) is 0 Å². The Balaban J connectivity index is 1.54. The molecule has 0 heterocycles. The summed E-state index contributed by atoms with van der Waals surface area (Å²) in [5, 5.41) is 30.7. The molecule has 0 aromatic rings. The van der Waals surface area contributed by atoms with E-state index in [1.807, 2.05) is 0 Å². The summed E-state index contributed by atoms with van der Waals surface area (Å²) in [6.07, 6.45) is 13.0. The minimum absolute atomic E-state index is 0.00217. The van der Waals surface area contributed by atoms with E-state index in [0.717, 1.165) is 35.5 Å². The van der Waals surface area contributed by atoms with Crippen LogP contribution in [-0.2, 0) is 0 Å². The molecule has 0 aromatic carbocycles. The van der Waals surface area contributed by atoms with E-state index in [-0.39, 0.29) is 18.6 Å². The lowest BCUT2D eigenvalue weighted by Crippen LogP contribution is -3.15. The van der Waals surface area contributed by atoms with Crippen molar-refractivity contribution in [3.63, 3.8) is 0 Å². The summed E-state index contributed by atoms with van der Waals surface area (Å²) in [5.41, 5.74) is -0.0942. The molecule has 0 amide bonds. The molecule has 4 N–H and O–H groups in total. The van der Waals surface area contributed by atoms with Gasteiger partial charge in [-0.2, -0.15) is 0 Å². The Morgan fingerprint density at radius 2 is 1.54 bits per heavy atom. The molecule has 4 nitrogen and oxygen atoms in total. The van der Waals surface area contributed by atoms with E-state index in [0.29, 0.717) is 31.0 Å². The second-order valence-electron chi connectivity index (χ2n) is 11.3. The summed E-state index contributed by atoms with van der Waals surface area (Å²) in [6.45, 7) is 7.16. The van der Waals surface area contributed by atoms with Crippen molar-refractivity contribution in [2.45, 2.75) is 83.7 Å². The maximum Gasteiger partial charge on any atom is 0.119 e. The topological polar surface area (TPSA) is 65.1 Å². The number of aliphatic hydroxyl groups excluding tert-OH is 2. The molecule has 4 rings (SSSR count).